The molecule has 3 N–H and O–H groups in total. The molecule has 1 heterocycles. The molecule has 0 aliphatic heterocycles. The van der Waals surface area contributed by atoms with Gasteiger partial charge in [-0.3, -0.25) is 0 Å². The lowest BCUT2D eigenvalue weighted by Crippen LogP contribution is -2.16. The predicted molar refractivity (Wildman–Crippen MR) is 63.8 cm³/mol. The lowest BCUT2D eigenvalue weighted by Gasteiger charge is -2.14. The molecular formula is C12H19N3. The molecule has 3 heteroatoms. The third-order valence-corrected chi connectivity index (χ3v) is 2.92. The van der Waals surface area contributed by atoms with Gasteiger partial charge in [-0.1, -0.05) is 12.8 Å². The molecule has 82 valence electrons. The number of rotatable bonds is 4. The second-order valence-corrected chi connectivity index (χ2v) is 4.65. The highest BCUT2D eigenvalue weighted by Crippen LogP contribution is 2.34. The van der Waals surface area contributed by atoms with Crippen molar-refractivity contribution in [2.45, 2.75) is 39.2 Å². The van der Waals surface area contributed by atoms with Gasteiger partial charge in [0.25, 0.3) is 0 Å². The van der Waals surface area contributed by atoms with Crippen molar-refractivity contribution in [3.63, 3.8) is 0 Å². The zero-order valence-corrected chi connectivity index (χ0v) is 9.46. The Morgan fingerprint density at radius 1 is 1.60 bits per heavy atom. The summed E-state index contributed by atoms with van der Waals surface area (Å²) in [6.45, 7) is 4.18. The van der Waals surface area contributed by atoms with Gasteiger partial charge in [-0.2, -0.15) is 0 Å². The fraction of sp³-hybridized carbons (Fsp3) is 0.583. The fourth-order valence-electron chi connectivity index (χ4n) is 1.78. The van der Waals surface area contributed by atoms with E-state index in [2.05, 4.69) is 17.2 Å². The van der Waals surface area contributed by atoms with E-state index >= 15 is 0 Å². The van der Waals surface area contributed by atoms with Gasteiger partial charge in [-0.15, -0.1) is 0 Å². The molecule has 1 saturated carbocycles. The molecule has 1 atom stereocenters. The molecule has 0 aromatic carbocycles. The molecule has 2 rings (SSSR count). The van der Waals surface area contributed by atoms with E-state index in [1.165, 1.54) is 19.3 Å². The van der Waals surface area contributed by atoms with Crippen LogP contribution in [0.2, 0.25) is 0 Å². The minimum atomic E-state index is 0.493. The molecule has 0 amide bonds. The number of nitrogens with two attached hydrogens (primary N) is 1. The normalized spacial score (nSPS) is 17.5. The molecule has 1 fully saturated rings. The highest BCUT2D eigenvalue weighted by Gasteiger charge is 2.23. The summed E-state index contributed by atoms with van der Waals surface area (Å²) >= 11 is 0. The monoisotopic (exact) mass is 205 g/mol. The van der Waals surface area contributed by atoms with Gasteiger partial charge in [0.15, 0.2) is 0 Å². The van der Waals surface area contributed by atoms with Crippen molar-refractivity contribution in [2.24, 2.45) is 5.92 Å². The minimum absolute atomic E-state index is 0.493. The molecule has 1 aliphatic rings. The summed E-state index contributed by atoms with van der Waals surface area (Å²) in [6.07, 6.45) is 5.86. The lowest BCUT2D eigenvalue weighted by atomic mass is 10.1. The maximum atomic E-state index is 5.83. The smallest absolute Gasteiger partial charge is 0.128 e. The second-order valence-electron chi connectivity index (χ2n) is 4.65. The minimum Gasteiger partial charge on any atom is -0.398 e. The van der Waals surface area contributed by atoms with Gasteiger partial charge in [-0.05, 0) is 31.7 Å². The predicted octanol–water partition coefficient (Wildman–Crippen LogP) is 2.57. The Morgan fingerprint density at radius 3 is 2.93 bits per heavy atom. The zero-order chi connectivity index (χ0) is 10.8. The summed E-state index contributed by atoms with van der Waals surface area (Å²) in [5.74, 6) is 1.83. The first-order valence-electron chi connectivity index (χ1n) is 5.64. The van der Waals surface area contributed by atoms with Gasteiger partial charge in [0.05, 0.1) is 0 Å². The van der Waals surface area contributed by atoms with Gasteiger partial charge in [0.2, 0.25) is 0 Å². The topological polar surface area (TPSA) is 50.9 Å². The van der Waals surface area contributed by atoms with Gasteiger partial charge in [0, 0.05) is 24.0 Å². The first kappa shape index (κ1) is 10.3. The molecule has 3 nitrogen and oxygen atoms in total. The molecule has 1 aromatic rings. The summed E-state index contributed by atoms with van der Waals surface area (Å²) in [5, 5.41) is 3.39. The van der Waals surface area contributed by atoms with Crippen LogP contribution in [0.1, 0.15) is 31.7 Å². The number of aryl methyl sites for hydroxylation is 1. The molecule has 0 radical (unpaired) electrons. The first-order valence-corrected chi connectivity index (χ1v) is 5.64. The molecule has 1 unspecified atom stereocenters. The van der Waals surface area contributed by atoms with Gasteiger partial charge in [0.1, 0.15) is 5.82 Å². The summed E-state index contributed by atoms with van der Waals surface area (Å²) < 4.78 is 0. The lowest BCUT2D eigenvalue weighted by molar-refractivity contribution is 0.640. The molecule has 0 spiro atoms. The van der Waals surface area contributed by atoms with E-state index in [9.17, 15) is 0 Å². The van der Waals surface area contributed by atoms with Crippen LogP contribution in [0.5, 0.6) is 0 Å². The van der Waals surface area contributed by atoms with Crippen molar-refractivity contribution in [1.29, 1.82) is 0 Å². The van der Waals surface area contributed by atoms with Crippen LogP contribution in [0.4, 0.5) is 11.5 Å². The number of aromatic nitrogens is 1. The van der Waals surface area contributed by atoms with E-state index < -0.39 is 0 Å². The number of pyridine rings is 1. The zero-order valence-electron chi connectivity index (χ0n) is 9.46. The van der Waals surface area contributed by atoms with E-state index in [-0.39, 0.29) is 0 Å². The fourth-order valence-corrected chi connectivity index (χ4v) is 1.78. The molecule has 0 saturated heterocycles. The Hall–Kier alpha value is -1.25. The highest BCUT2D eigenvalue weighted by atomic mass is 15.0. The summed E-state index contributed by atoms with van der Waals surface area (Å²) in [7, 11) is 0. The number of nitrogens with zero attached hydrogens (tertiary/aromatic N) is 1. The standard InChI is InChI=1S/C12H19N3/c1-8-7-14-12(6-11(8)13)15-9(2)5-10-3-4-10/h6-7,9-10H,3-5H2,1-2H3,(H3,13,14,15). The van der Waals surface area contributed by atoms with Crippen molar-refractivity contribution in [1.82, 2.24) is 4.98 Å². The van der Waals surface area contributed by atoms with Crippen LogP contribution in [0.25, 0.3) is 0 Å². The first-order chi connectivity index (χ1) is 7.15. The summed E-state index contributed by atoms with van der Waals surface area (Å²) in [4.78, 5) is 4.32. The van der Waals surface area contributed by atoms with E-state index in [0.717, 1.165) is 23.0 Å². The van der Waals surface area contributed by atoms with Gasteiger partial charge < -0.3 is 11.1 Å². The van der Waals surface area contributed by atoms with Crippen LogP contribution in [0, 0.1) is 12.8 Å². The van der Waals surface area contributed by atoms with Crippen molar-refractivity contribution < 1.29 is 0 Å². The number of nitrogen functional groups attached to an aromatic ring is 1. The Kier molecular flexibility index (Phi) is 2.80. The average molecular weight is 205 g/mol. The molecular weight excluding hydrogens is 186 g/mol. The highest BCUT2D eigenvalue weighted by molar-refractivity contribution is 5.53. The van der Waals surface area contributed by atoms with E-state index in [0.29, 0.717) is 6.04 Å². The van der Waals surface area contributed by atoms with Crippen LogP contribution in [-0.4, -0.2) is 11.0 Å². The van der Waals surface area contributed by atoms with Crippen LogP contribution in [-0.2, 0) is 0 Å². The Balaban J connectivity index is 1.93. The number of nitrogens with one attached hydrogen (secondary N) is 1. The van der Waals surface area contributed by atoms with Crippen molar-refractivity contribution in [2.75, 3.05) is 11.1 Å². The molecule has 15 heavy (non-hydrogen) atoms. The largest absolute Gasteiger partial charge is 0.398 e. The van der Waals surface area contributed by atoms with Gasteiger partial charge >= 0.3 is 0 Å². The number of hydrogen-bond donors (Lipinski definition) is 2. The summed E-state index contributed by atoms with van der Waals surface area (Å²) in [5.41, 5.74) is 7.68. The van der Waals surface area contributed by atoms with E-state index in [1.54, 1.807) is 0 Å². The second kappa shape index (κ2) is 4.09. The Bertz CT molecular complexity index is 345. The van der Waals surface area contributed by atoms with Gasteiger partial charge in [-0.25, -0.2) is 4.98 Å². The third-order valence-electron chi connectivity index (χ3n) is 2.92. The Labute approximate surface area is 91.1 Å². The van der Waals surface area contributed by atoms with Crippen molar-refractivity contribution in [3.8, 4) is 0 Å². The maximum absolute atomic E-state index is 5.83. The number of anilines is 2. The van der Waals surface area contributed by atoms with Crippen LogP contribution >= 0.6 is 0 Å². The quantitative estimate of drug-likeness (QED) is 0.794. The average Bonchev–Trinajstić information content (AvgIpc) is 2.95. The van der Waals surface area contributed by atoms with Crippen molar-refractivity contribution in [3.05, 3.63) is 17.8 Å². The molecule has 1 aromatic heterocycles. The molecule has 1 aliphatic carbocycles. The van der Waals surface area contributed by atoms with Crippen LogP contribution in [0.3, 0.4) is 0 Å². The van der Waals surface area contributed by atoms with Crippen LogP contribution < -0.4 is 11.1 Å². The van der Waals surface area contributed by atoms with E-state index in [4.69, 9.17) is 5.73 Å². The SMILES string of the molecule is Cc1cnc(NC(C)CC2CC2)cc1N. The summed E-state index contributed by atoms with van der Waals surface area (Å²) in [6, 6.07) is 2.41. The number of hydrogen-bond acceptors (Lipinski definition) is 3. The maximum Gasteiger partial charge on any atom is 0.128 e. The Morgan fingerprint density at radius 2 is 2.33 bits per heavy atom. The van der Waals surface area contributed by atoms with Crippen molar-refractivity contribution >= 4 is 11.5 Å². The van der Waals surface area contributed by atoms with E-state index in [1.807, 2.05) is 19.2 Å². The van der Waals surface area contributed by atoms with Crippen LogP contribution in [0.15, 0.2) is 12.3 Å². The third kappa shape index (κ3) is 2.85. The molecule has 0 bridgehead atoms.